The van der Waals surface area contributed by atoms with Crippen LogP contribution in [0.15, 0.2) is 5.38 Å². The number of aromatic nitrogens is 1. The highest BCUT2D eigenvalue weighted by atomic mass is 35.5. The van der Waals surface area contributed by atoms with Crippen molar-refractivity contribution >= 4 is 36.2 Å². The fourth-order valence-corrected chi connectivity index (χ4v) is 3.52. The molecule has 2 rings (SSSR count). The quantitative estimate of drug-likeness (QED) is 0.910. The van der Waals surface area contributed by atoms with Gasteiger partial charge in [0.15, 0.2) is 0 Å². The Labute approximate surface area is 139 Å². The van der Waals surface area contributed by atoms with Crippen LogP contribution in [0.25, 0.3) is 0 Å². The molecule has 0 bridgehead atoms. The Bertz CT molecular complexity index is 390. The smallest absolute Gasteiger partial charge is 0.107 e. The molecule has 3 nitrogen and oxygen atoms in total. The molecule has 0 spiro atoms. The van der Waals surface area contributed by atoms with Gasteiger partial charge in [-0.3, -0.25) is 4.90 Å². The Morgan fingerprint density at radius 3 is 2.65 bits per heavy atom. The molecular weight excluding hydrogens is 313 g/mol. The largest absolute Gasteiger partial charge is 0.318 e. The minimum atomic E-state index is 0. The average molecular weight is 340 g/mol. The van der Waals surface area contributed by atoms with Crippen LogP contribution >= 0.6 is 36.2 Å². The zero-order valence-electron chi connectivity index (χ0n) is 12.8. The molecule has 0 amide bonds. The summed E-state index contributed by atoms with van der Waals surface area (Å²) in [6, 6.07) is 0.692. The van der Waals surface area contributed by atoms with Crippen LogP contribution in [-0.2, 0) is 12.0 Å². The number of thiazole rings is 1. The van der Waals surface area contributed by atoms with Crippen LogP contribution in [0.3, 0.4) is 0 Å². The molecule has 1 aromatic heterocycles. The van der Waals surface area contributed by atoms with Gasteiger partial charge in [0.05, 0.1) is 12.2 Å². The van der Waals surface area contributed by atoms with Crippen molar-refractivity contribution < 1.29 is 0 Å². The SMILES string of the molecule is CNCC1CCCN1Cc1nc(C(C)(C)C)cs1.Cl.Cl. The van der Waals surface area contributed by atoms with Crippen molar-refractivity contribution in [2.45, 2.75) is 51.6 Å². The summed E-state index contributed by atoms with van der Waals surface area (Å²) in [6.45, 7) is 10.0. The fraction of sp³-hybridized carbons (Fsp3) is 0.786. The van der Waals surface area contributed by atoms with E-state index in [0.717, 1.165) is 13.1 Å². The Balaban J connectivity index is 0.00000180. The van der Waals surface area contributed by atoms with Crippen LogP contribution in [0.2, 0.25) is 0 Å². The minimum absolute atomic E-state index is 0. The van der Waals surface area contributed by atoms with E-state index in [-0.39, 0.29) is 30.2 Å². The number of nitrogens with one attached hydrogen (secondary N) is 1. The lowest BCUT2D eigenvalue weighted by Crippen LogP contribution is -2.36. The standard InChI is InChI=1S/C14H25N3S.2ClH/c1-14(2,3)12-10-18-13(16-12)9-17-7-5-6-11(17)8-15-4;;/h10-11,15H,5-9H2,1-4H3;2*1H. The van der Waals surface area contributed by atoms with Crippen molar-refractivity contribution in [2.75, 3.05) is 20.1 Å². The third kappa shape index (κ3) is 5.15. The maximum Gasteiger partial charge on any atom is 0.107 e. The maximum atomic E-state index is 4.80. The van der Waals surface area contributed by atoms with Gasteiger partial charge in [-0.2, -0.15) is 0 Å². The van der Waals surface area contributed by atoms with E-state index < -0.39 is 0 Å². The molecule has 2 heterocycles. The summed E-state index contributed by atoms with van der Waals surface area (Å²) < 4.78 is 0. The van der Waals surface area contributed by atoms with Gasteiger partial charge in [-0.1, -0.05) is 20.8 Å². The molecule has 118 valence electrons. The lowest BCUT2D eigenvalue weighted by atomic mass is 9.93. The third-order valence-corrected chi connectivity index (χ3v) is 4.43. The van der Waals surface area contributed by atoms with E-state index in [1.54, 1.807) is 0 Å². The molecule has 6 heteroatoms. The van der Waals surface area contributed by atoms with E-state index >= 15 is 0 Å². The summed E-state index contributed by atoms with van der Waals surface area (Å²) in [5.74, 6) is 0. The van der Waals surface area contributed by atoms with Crippen LogP contribution in [0, 0.1) is 0 Å². The van der Waals surface area contributed by atoms with E-state index in [4.69, 9.17) is 4.98 Å². The maximum absolute atomic E-state index is 4.80. The zero-order chi connectivity index (χ0) is 13.2. The summed E-state index contributed by atoms with van der Waals surface area (Å²) in [6.07, 6.45) is 2.64. The van der Waals surface area contributed by atoms with E-state index in [2.05, 4.69) is 36.4 Å². The van der Waals surface area contributed by atoms with Crippen molar-refractivity contribution in [2.24, 2.45) is 0 Å². The van der Waals surface area contributed by atoms with E-state index in [1.807, 2.05) is 18.4 Å². The molecule has 1 saturated heterocycles. The average Bonchev–Trinajstić information content (AvgIpc) is 2.89. The molecule has 1 fully saturated rings. The van der Waals surface area contributed by atoms with Crippen molar-refractivity contribution in [1.82, 2.24) is 15.2 Å². The second kappa shape index (κ2) is 8.54. The molecular formula is C14H27Cl2N3S. The van der Waals surface area contributed by atoms with Crippen LogP contribution in [0.4, 0.5) is 0 Å². The normalized spacial score (nSPS) is 19.5. The zero-order valence-corrected chi connectivity index (χ0v) is 15.3. The van der Waals surface area contributed by atoms with Gasteiger partial charge >= 0.3 is 0 Å². The van der Waals surface area contributed by atoms with Crippen LogP contribution in [-0.4, -0.2) is 36.1 Å². The molecule has 1 aliphatic heterocycles. The van der Waals surface area contributed by atoms with Crippen LogP contribution in [0.1, 0.15) is 44.3 Å². The lowest BCUT2D eigenvalue weighted by Gasteiger charge is -2.23. The van der Waals surface area contributed by atoms with Gasteiger partial charge < -0.3 is 5.32 Å². The van der Waals surface area contributed by atoms with E-state index in [9.17, 15) is 0 Å². The van der Waals surface area contributed by atoms with Crippen molar-refractivity contribution in [1.29, 1.82) is 0 Å². The topological polar surface area (TPSA) is 28.2 Å². The van der Waals surface area contributed by atoms with E-state index in [1.165, 1.54) is 30.1 Å². The Morgan fingerprint density at radius 2 is 2.10 bits per heavy atom. The molecule has 1 atom stereocenters. The number of hydrogen-bond acceptors (Lipinski definition) is 4. The Kier molecular flexibility index (Phi) is 8.60. The monoisotopic (exact) mass is 339 g/mol. The molecule has 0 radical (unpaired) electrons. The highest BCUT2D eigenvalue weighted by Crippen LogP contribution is 2.26. The molecule has 20 heavy (non-hydrogen) atoms. The third-order valence-electron chi connectivity index (χ3n) is 3.60. The predicted molar refractivity (Wildman–Crippen MR) is 92.7 cm³/mol. The highest BCUT2D eigenvalue weighted by molar-refractivity contribution is 7.09. The van der Waals surface area contributed by atoms with E-state index in [0.29, 0.717) is 6.04 Å². The molecule has 0 aromatic carbocycles. The minimum Gasteiger partial charge on any atom is -0.318 e. The Hall–Kier alpha value is 0.130. The number of likely N-dealkylation sites (tertiary alicyclic amines) is 1. The first-order valence-corrected chi connectivity index (χ1v) is 7.72. The van der Waals surface area contributed by atoms with Crippen LogP contribution in [0.5, 0.6) is 0 Å². The predicted octanol–water partition coefficient (Wildman–Crippen LogP) is 3.47. The molecule has 1 aromatic rings. The van der Waals surface area contributed by atoms with Crippen molar-refractivity contribution in [3.63, 3.8) is 0 Å². The number of rotatable bonds is 4. The first kappa shape index (κ1) is 20.1. The number of halogens is 2. The van der Waals surface area contributed by atoms with Crippen LogP contribution < -0.4 is 5.32 Å². The molecule has 1 aliphatic rings. The van der Waals surface area contributed by atoms with Crippen molar-refractivity contribution in [3.05, 3.63) is 16.1 Å². The summed E-state index contributed by atoms with van der Waals surface area (Å²) in [5, 5.41) is 6.78. The van der Waals surface area contributed by atoms with Gasteiger partial charge in [0.2, 0.25) is 0 Å². The first-order chi connectivity index (χ1) is 8.50. The summed E-state index contributed by atoms with van der Waals surface area (Å²) in [5.41, 5.74) is 1.40. The molecule has 0 saturated carbocycles. The molecule has 0 aliphatic carbocycles. The summed E-state index contributed by atoms with van der Waals surface area (Å²) in [4.78, 5) is 7.37. The number of likely N-dealkylation sites (N-methyl/N-ethyl adjacent to an activating group) is 1. The van der Waals surface area contributed by atoms with Gasteiger partial charge in [-0.05, 0) is 26.4 Å². The summed E-state index contributed by atoms with van der Waals surface area (Å²) >= 11 is 1.81. The first-order valence-electron chi connectivity index (χ1n) is 6.84. The number of nitrogens with zero attached hydrogens (tertiary/aromatic N) is 2. The van der Waals surface area contributed by atoms with Gasteiger partial charge in [-0.15, -0.1) is 36.2 Å². The highest BCUT2D eigenvalue weighted by Gasteiger charge is 2.25. The number of hydrogen-bond donors (Lipinski definition) is 1. The Morgan fingerprint density at radius 1 is 1.40 bits per heavy atom. The summed E-state index contributed by atoms with van der Waals surface area (Å²) in [7, 11) is 2.04. The fourth-order valence-electron chi connectivity index (χ4n) is 2.47. The van der Waals surface area contributed by atoms with Gasteiger partial charge in [0, 0.05) is 23.4 Å². The second-order valence-corrected chi connectivity index (χ2v) is 7.14. The lowest BCUT2D eigenvalue weighted by molar-refractivity contribution is 0.241. The molecule has 1 N–H and O–H groups in total. The van der Waals surface area contributed by atoms with Crippen molar-refractivity contribution in [3.8, 4) is 0 Å². The van der Waals surface area contributed by atoms with Gasteiger partial charge in [0.1, 0.15) is 5.01 Å². The molecule has 1 unspecified atom stereocenters. The van der Waals surface area contributed by atoms with Gasteiger partial charge in [-0.25, -0.2) is 4.98 Å². The van der Waals surface area contributed by atoms with Gasteiger partial charge in [0.25, 0.3) is 0 Å². The second-order valence-electron chi connectivity index (χ2n) is 6.20.